The Balaban J connectivity index is 1.78. The van der Waals surface area contributed by atoms with E-state index in [1.807, 2.05) is 0 Å². The summed E-state index contributed by atoms with van der Waals surface area (Å²) in [5.74, 6) is 2.57. The van der Waals surface area contributed by atoms with E-state index in [1.54, 1.807) is 0 Å². The summed E-state index contributed by atoms with van der Waals surface area (Å²) in [6.07, 6.45) is 7.12. The topological polar surface area (TPSA) is 12.0 Å². The molecule has 1 atom stereocenters. The fourth-order valence-electron chi connectivity index (χ4n) is 3.46. The molecule has 1 aromatic carbocycles. The molecule has 0 radical (unpaired) electrons. The average molecular weight is 273 g/mol. The molecule has 1 N–H and O–H groups in total. The zero-order chi connectivity index (χ0) is 14.4. The Morgan fingerprint density at radius 2 is 1.70 bits per heavy atom. The molecular weight excluding hydrogens is 242 g/mol. The van der Waals surface area contributed by atoms with Crippen molar-refractivity contribution in [2.45, 2.75) is 58.9 Å². The first-order valence-electron chi connectivity index (χ1n) is 8.45. The zero-order valence-electron chi connectivity index (χ0n) is 13.4. The number of hydrogen-bond donors (Lipinski definition) is 1. The van der Waals surface area contributed by atoms with E-state index in [2.05, 4.69) is 56.4 Å². The minimum Gasteiger partial charge on any atom is -0.310 e. The summed E-state index contributed by atoms with van der Waals surface area (Å²) in [7, 11) is 0. The van der Waals surface area contributed by atoms with Crippen LogP contribution in [0.5, 0.6) is 0 Å². The van der Waals surface area contributed by atoms with Crippen molar-refractivity contribution in [2.24, 2.45) is 17.8 Å². The molecule has 1 saturated carbocycles. The maximum Gasteiger partial charge on any atom is 0.0343 e. The molecule has 0 aliphatic heterocycles. The normalized spacial score (nSPS) is 24.8. The van der Waals surface area contributed by atoms with E-state index in [9.17, 15) is 0 Å². The Labute approximate surface area is 125 Å². The van der Waals surface area contributed by atoms with Crippen LogP contribution in [0.3, 0.4) is 0 Å². The van der Waals surface area contributed by atoms with Crippen LogP contribution >= 0.6 is 0 Å². The molecule has 0 amide bonds. The first-order valence-corrected chi connectivity index (χ1v) is 8.45. The van der Waals surface area contributed by atoms with Gasteiger partial charge in [0.2, 0.25) is 0 Å². The average Bonchev–Trinajstić information content (AvgIpc) is 2.46. The predicted molar refractivity (Wildman–Crippen MR) is 87.8 cm³/mol. The summed E-state index contributed by atoms with van der Waals surface area (Å²) in [5, 5.41) is 3.79. The minimum atomic E-state index is 0.499. The van der Waals surface area contributed by atoms with Gasteiger partial charge in [-0.15, -0.1) is 0 Å². The van der Waals surface area contributed by atoms with E-state index in [0.29, 0.717) is 12.0 Å². The van der Waals surface area contributed by atoms with Crippen molar-refractivity contribution >= 4 is 0 Å². The number of benzene rings is 1. The quantitative estimate of drug-likeness (QED) is 0.752. The summed E-state index contributed by atoms with van der Waals surface area (Å²) < 4.78 is 0. The Hall–Kier alpha value is -0.820. The van der Waals surface area contributed by atoms with E-state index in [1.165, 1.54) is 37.7 Å². The Bertz CT molecular complexity index is 363. The molecule has 0 aromatic heterocycles. The Kier molecular flexibility index (Phi) is 6.09. The Morgan fingerprint density at radius 1 is 1.05 bits per heavy atom. The van der Waals surface area contributed by atoms with Gasteiger partial charge in [0.1, 0.15) is 0 Å². The highest BCUT2D eigenvalue weighted by Gasteiger charge is 2.19. The van der Waals surface area contributed by atoms with Crippen molar-refractivity contribution in [1.29, 1.82) is 0 Å². The van der Waals surface area contributed by atoms with Crippen LogP contribution in [0.15, 0.2) is 30.3 Å². The molecule has 1 aliphatic carbocycles. The third kappa shape index (κ3) is 4.63. The molecule has 1 heteroatoms. The monoisotopic (exact) mass is 273 g/mol. The van der Waals surface area contributed by atoms with Crippen LogP contribution in [0.2, 0.25) is 0 Å². The lowest BCUT2D eigenvalue weighted by Crippen LogP contribution is -2.28. The van der Waals surface area contributed by atoms with Gasteiger partial charge in [-0.2, -0.15) is 0 Å². The van der Waals surface area contributed by atoms with E-state index >= 15 is 0 Å². The third-order valence-electron chi connectivity index (χ3n) is 4.88. The van der Waals surface area contributed by atoms with Crippen molar-refractivity contribution in [3.8, 4) is 0 Å². The second-order valence-electron chi connectivity index (χ2n) is 7.00. The molecule has 2 rings (SSSR count). The van der Waals surface area contributed by atoms with Gasteiger partial charge >= 0.3 is 0 Å². The fraction of sp³-hybridized carbons (Fsp3) is 0.684. The molecule has 20 heavy (non-hydrogen) atoms. The van der Waals surface area contributed by atoms with E-state index in [0.717, 1.165) is 18.4 Å². The first-order chi connectivity index (χ1) is 9.66. The van der Waals surface area contributed by atoms with E-state index in [-0.39, 0.29) is 0 Å². The highest BCUT2D eigenvalue weighted by atomic mass is 14.9. The summed E-state index contributed by atoms with van der Waals surface area (Å²) >= 11 is 0. The van der Waals surface area contributed by atoms with Crippen LogP contribution in [0.4, 0.5) is 0 Å². The lowest BCUT2D eigenvalue weighted by Gasteiger charge is -2.28. The Morgan fingerprint density at radius 3 is 2.30 bits per heavy atom. The van der Waals surface area contributed by atoms with Crippen LogP contribution in [-0.2, 0) is 0 Å². The molecule has 1 aliphatic rings. The molecule has 112 valence electrons. The van der Waals surface area contributed by atoms with Gasteiger partial charge in [0.05, 0.1) is 0 Å². The van der Waals surface area contributed by atoms with Gasteiger partial charge in [-0.25, -0.2) is 0 Å². The van der Waals surface area contributed by atoms with Crippen molar-refractivity contribution in [3.05, 3.63) is 35.9 Å². The maximum atomic E-state index is 3.79. The molecule has 0 spiro atoms. The highest BCUT2D eigenvalue weighted by molar-refractivity contribution is 5.19. The van der Waals surface area contributed by atoms with Crippen LogP contribution in [-0.4, -0.2) is 6.54 Å². The summed E-state index contributed by atoms with van der Waals surface area (Å²) in [4.78, 5) is 0. The van der Waals surface area contributed by atoms with Crippen molar-refractivity contribution in [3.63, 3.8) is 0 Å². The SMILES string of the molecule is CC1CCC(CCNC(c2ccccc2)C(C)C)CC1. The molecule has 0 bridgehead atoms. The van der Waals surface area contributed by atoms with Gasteiger partial charge in [0, 0.05) is 6.04 Å². The van der Waals surface area contributed by atoms with Gasteiger partial charge in [-0.1, -0.05) is 76.8 Å². The lowest BCUT2D eigenvalue weighted by molar-refractivity contribution is 0.268. The van der Waals surface area contributed by atoms with Gasteiger partial charge < -0.3 is 5.32 Å². The molecule has 1 aromatic rings. The second kappa shape index (κ2) is 7.83. The summed E-state index contributed by atoms with van der Waals surface area (Å²) in [6, 6.07) is 11.4. The lowest BCUT2D eigenvalue weighted by atomic mass is 9.81. The van der Waals surface area contributed by atoms with Crippen LogP contribution < -0.4 is 5.32 Å². The molecular formula is C19H31N. The van der Waals surface area contributed by atoms with Crippen molar-refractivity contribution < 1.29 is 0 Å². The number of hydrogen-bond acceptors (Lipinski definition) is 1. The standard InChI is InChI=1S/C19H31N/c1-15(2)19(18-7-5-4-6-8-18)20-14-13-17-11-9-16(3)10-12-17/h4-8,15-17,19-20H,9-14H2,1-3H3. The molecule has 1 fully saturated rings. The molecule has 0 heterocycles. The van der Waals surface area contributed by atoms with Gasteiger partial charge in [0.15, 0.2) is 0 Å². The zero-order valence-corrected chi connectivity index (χ0v) is 13.4. The van der Waals surface area contributed by atoms with Crippen molar-refractivity contribution in [2.75, 3.05) is 6.54 Å². The van der Waals surface area contributed by atoms with E-state index < -0.39 is 0 Å². The summed E-state index contributed by atoms with van der Waals surface area (Å²) in [6.45, 7) is 8.19. The van der Waals surface area contributed by atoms with Crippen molar-refractivity contribution in [1.82, 2.24) is 5.32 Å². The maximum absolute atomic E-state index is 3.79. The fourth-order valence-corrected chi connectivity index (χ4v) is 3.46. The molecule has 1 unspecified atom stereocenters. The predicted octanol–water partition coefficient (Wildman–Crippen LogP) is 5.19. The third-order valence-corrected chi connectivity index (χ3v) is 4.88. The highest BCUT2D eigenvalue weighted by Crippen LogP contribution is 2.30. The first kappa shape index (κ1) is 15.6. The summed E-state index contributed by atoms with van der Waals surface area (Å²) in [5.41, 5.74) is 1.43. The van der Waals surface area contributed by atoms with Crippen LogP contribution in [0, 0.1) is 17.8 Å². The van der Waals surface area contributed by atoms with Gasteiger partial charge in [0.25, 0.3) is 0 Å². The number of nitrogens with one attached hydrogen (secondary N) is 1. The number of rotatable bonds is 6. The largest absolute Gasteiger partial charge is 0.310 e. The van der Waals surface area contributed by atoms with Gasteiger partial charge in [-0.3, -0.25) is 0 Å². The molecule has 1 nitrogen and oxygen atoms in total. The minimum absolute atomic E-state index is 0.499. The molecule has 0 saturated heterocycles. The smallest absolute Gasteiger partial charge is 0.0343 e. The van der Waals surface area contributed by atoms with E-state index in [4.69, 9.17) is 0 Å². The van der Waals surface area contributed by atoms with Crippen LogP contribution in [0.1, 0.15) is 64.5 Å². The van der Waals surface area contributed by atoms with Gasteiger partial charge in [-0.05, 0) is 36.3 Å². The second-order valence-corrected chi connectivity index (χ2v) is 7.00. The van der Waals surface area contributed by atoms with Crippen LogP contribution in [0.25, 0.3) is 0 Å².